The molecule has 2 heterocycles. The van der Waals surface area contributed by atoms with Gasteiger partial charge in [0, 0.05) is 35.4 Å². The molecule has 3 aromatic rings. The first-order chi connectivity index (χ1) is 12.6. The Balaban J connectivity index is 1.72. The van der Waals surface area contributed by atoms with Gasteiger partial charge in [-0.15, -0.1) is 11.3 Å². The number of rotatable bonds is 6. The average molecular weight is 366 g/mol. The smallest absolute Gasteiger partial charge is 0.319 e. The Bertz CT molecular complexity index is 860. The summed E-state index contributed by atoms with van der Waals surface area (Å²) in [5.41, 5.74) is 4.16. The molecule has 2 aromatic heterocycles. The first-order valence-electron chi connectivity index (χ1n) is 8.67. The molecular formula is C21H23N3OS. The van der Waals surface area contributed by atoms with Gasteiger partial charge >= 0.3 is 6.03 Å². The van der Waals surface area contributed by atoms with Crippen molar-refractivity contribution in [3.05, 3.63) is 81.8 Å². The van der Waals surface area contributed by atoms with Crippen molar-refractivity contribution < 1.29 is 4.79 Å². The Hall–Kier alpha value is -2.66. The molecule has 26 heavy (non-hydrogen) atoms. The van der Waals surface area contributed by atoms with Gasteiger partial charge < -0.3 is 10.2 Å². The topological polar surface area (TPSA) is 45.2 Å². The minimum absolute atomic E-state index is 0.0840. The molecule has 0 saturated carbocycles. The predicted octanol–water partition coefficient (Wildman–Crippen LogP) is 5.04. The zero-order chi connectivity index (χ0) is 18.4. The third-order valence-corrected chi connectivity index (χ3v) is 5.23. The van der Waals surface area contributed by atoms with Crippen molar-refractivity contribution in [1.82, 2.24) is 9.88 Å². The van der Waals surface area contributed by atoms with Crippen LogP contribution in [-0.4, -0.2) is 22.5 Å². The number of aromatic nitrogens is 1. The molecule has 1 N–H and O–H groups in total. The van der Waals surface area contributed by atoms with Gasteiger partial charge in [0.2, 0.25) is 0 Å². The summed E-state index contributed by atoms with van der Waals surface area (Å²) in [5.74, 6) is 0. The van der Waals surface area contributed by atoms with Crippen LogP contribution in [0.5, 0.6) is 0 Å². The van der Waals surface area contributed by atoms with Gasteiger partial charge in [-0.1, -0.05) is 18.2 Å². The largest absolute Gasteiger partial charge is 0.322 e. The van der Waals surface area contributed by atoms with Gasteiger partial charge in [-0.3, -0.25) is 4.98 Å². The molecule has 0 spiro atoms. The highest BCUT2D eigenvalue weighted by Gasteiger charge is 2.16. The Morgan fingerprint density at radius 2 is 2.04 bits per heavy atom. The van der Waals surface area contributed by atoms with Crippen molar-refractivity contribution in [3.8, 4) is 0 Å². The van der Waals surface area contributed by atoms with Crippen LogP contribution in [0.2, 0.25) is 0 Å². The van der Waals surface area contributed by atoms with Crippen LogP contribution in [0.1, 0.15) is 21.7 Å². The number of carbonyl (C=O) groups is 1. The first kappa shape index (κ1) is 18.1. The highest BCUT2D eigenvalue weighted by Crippen LogP contribution is 2.19. The van der Waals surface area contributed by atoms with Crippen LogP contribution in [0.3, 0.4) is 0 Å². The summed E-state index contributed by atoms with van der Waals surface area (Å²) in [7, 11) is 0. The summed E-state index contributed by atoms with van der Waals surface area (Å²) >= 11 is 1.69. The molecule has 1 aromatic carbocycles. The summed E-state index contributed by atoms with van der Waals surface area (Å²) in [6.45, 7) is 5.32. The zero-order valence-electron chi connectivity index (χ0n) is 15.1. The number of nitrogens with zero attached hydrogens (tertiary/aromatic N) is 2. The lowest BCUT2D eigenvalue weighted by molar-refractivity contribution is 0.210. The molecule has 0 fully saturated rings. The second kappa shape index (κ2) is 8.63. The molecule has 0 atom stereocenters. The van der Waals surface area contributed by atoms with E-state index in [1.807, 2.05) is 54.3 Å². The molecule has 0 aliphatic carbocycles. The van der Waals surface area contributed by atoms with Crippen LogP contribution >= 0.6 is 11.3 Å². The first-order valence-corrected chi connectivity index (χ1v) is 9.55. The Morgan fingerprint density at radius 1 is 1.15 bits per heavy atom. The number of hydrogen-bond acceptors (Lipinski definition) is 3. The molecule has 5 heteroatoms. The lowest BCUT2D eigenvalue weighted by atomic mass is 10.2. The van der Waals surface area contributed by atoms with E-state index in [4.69, 9.17) is 0 Å². The quantitative estimate of drug-likeness (QED) is 0.665. The van der Waals surface area contributed by atoms with Gasteiger partial charge in [0.1, 0.15) is 0 Å². The maximum absolute atomic E-state index is 12.9. The lowest BCUT2D eigenvalue weighted by Crippen LogP contribution is -2.36. The lowest BCUT2D eigenvalue weighted by Gasteiger charge is -2.23. The van der Waals surface area contributed by atoms with Crippen molar-refractivity contribution in [3.63, 3.8) is 0 Å². The van der Waals surface area contributed by atoms with Crippen LogP contribution in [0.4, 0.5) is 10.5 Å². The van der Waals surface area contributed by atoms with E-state index in [-0.39, 0.29) is 6.03 Å². The molecule has 3 rings (SSSR count). The van der Waals surface area contributed by atoms with E-state index in [0.29, 0.717) is 13.1 Å². The number of pyridine rings is 1. The molecule has 4 nitrogen and oxygen atoms in total. The van der Waals surface area contributed by atoms with Crippen LogP contribution in [-0.2, 0) is 13.0 Å². The maximum Gasteiger partial charge on any atom is 0.322 e. The number of benzene rings is 1. The van der Waals surface area contributed by atoms with Crippen LogP contribution in [0.15, 0.2) is 60.1 Å². The summed E-state index contributed by atoms with van der Waals surface area (Å²) < 4.78 is 0. The van der Waals surface area contributed by atoms with Crippen molar-refractivity contribution in [1.29, 1.82) is 0 Å². The van der Waals surface area contributed by atoms with E-state index in [9.17, 15) is 4.79 Å². The van der Waals surface area contributed by atoms with E-state index < -0.39 is 0 Å². The molecule has 0 bridgehead atoms. The number of amides is 2. The third kappa shape index (κ3) is 4.92. The van der Waals surface area contributed by atoms with E-state index in [0.717, 1.165) is 23.4 Å². The van der Waals surface area contributed by atoms with Crippen molar-refractivity contribution >= 4 is 23.1 Å². The van der Waals surface area contributed by atoms with Gasteiger partial charge in [0.25, 0.3) is 0 Å². The fourth-order valence-electron chi connectivity index (χ4n) is 2.71. The fraction of sp³-hybridized carbons (Fsp3) is 0.238. The van der Waals surface area contributed by atoms with Gasteiger partial charge in [-0.2, -0.15) is 0 Å². The van der Waals surface area contributed by atoms with Gasteiger partial charge in [-0.05, 0) is 60.7 Å². The summed E-state index contributed by atoms with van der Waals surface area (Å²) in [6.07, 6.45) is 2.52. The molecule has 0 saturated heterocycles. The van der Waals surface area contributed by atoms with E-state index >= 15 is 0 Å². The molecule has 0 aliphatic rings. The van der Waals surface area contributed by atoms with Crippen LogP contribution < -0.4 is 5.32 Å². The number of thiophene rings is 1. The zero-order valence-corrected chi connectivity index (χ0v) is 15.9. The van der Waals surface area contributed by atoms with Gasteiger partial charge in [-0.25, -0.2) is 4.79 Å². The molecular weight excluding hydrogens is 342 g/mol. The second-order valence-corrected chi connectivity index (χ2v) is 7.32. The van der Waals surface area contributed by atoms with Crippen molar-refractivity contribution in [2.75, 3.05) is 11.9 Å². The Kier molecular flexibility index (Phi) is 6.02. The molecule has 0 aliphatic heterocycles. The number of nitrogens with one attached hydrogen (secondary N) is 1. The highest BCUT2D eigenvalue weighted by molar-refractivity contribution is 7.10. The minimum atomic E-state index is -0.0840. The SMILES string of the molecule is Cc1cccc(NC(=O)N(CCc2ccccn2)Cc2sccc2C)c1. The van der Waals surface area contributed by atoms with Gasteiger partial charge in [0.15, 0.2) is 0 Å². The third-order valence-electron chi connectivity index (χ3n) is 4.22. The molecule has 2 amide bonds. The van der Waals surface area contributed by atoms with Gasteiger partial charge in [0.05, 0.1) is 6.54 Å². The van der Waals surface area contributed by atoms with Crippen molar-refractivity contribution in [2.24, 2.45) is 0 Å². The van der Waals surface area contributed by atoms with Crippen molar-refractivity contribution in [2.45, 2.75) is 26.8 Å². The van der Waals surface area contributed by atoms with Crippen LogP contribution in [0, 0.1) is 13.8 Å². The minimum Gasteiger partial charge on any atom is -0.319 e. The number of aryl methyl sites for hydroxylation is 2. The number of urea groups is 1. The van der Waals surface area contributed by atoms with Crippen LogP contribution in [0.25, 0.3) is 0 Å². The van der Waals surface area contributed by atoms with E-state index in [1.165, 1.54) is 10.4 Å². The molecule has 0 radical (unpaired) electrons. The average Bonchev–Trinajstić information content (AvgIpc) is 3.04. The molecule has 0 unspecified atom stereocenters. The Labute approximate surface area is 158 Å². The Morgan fingerprint density at radius 3 is 2.73 bits per heavy atom. The molecule has 134 valence electrons. The highest BCUT2D eigenvalue weighted by atomic mass is 32.1. The maximum atomic E-state index is 12.9. The summed E-state index contributed by atoms with van der Waals surface area (Å²) in [6, 6.07) is 15.7. The predicted molar refractivity (Wildman–Crippen MR) is 108 cm³/mol. The van der Waals surface area contributed by atoms with E-state index in [2.05, 4.69) is 28.7 Å². The fourth-order valence-corrected chi connectivity index (χ4v) is 3.63. The monoisotopic (exact) mass is 365 g/mol. The standard InChI is InChI=1S/C21H23N3OS/c1-16-6-5-8-19(14-16)23-21(25)24(15-20-17(2)10-13-26-20)12-9-18-7-3-4-11-22-18/h3-8,10-11,13-14H,9,12,15H2,1-2H3,(H,23,25). The van der Waals surface area contributed by atoms with E-state index in [1.54, 1.807) is 17.5 Å². The number of anilines is 1. The number of carbonyl (C=O) groups excluding carboxylic acids is 1. The number of hydrogen-bond donors (Lipinski definition) is 1. The summed E-state index contributed by atoms with van der Waals surface area (Å²) in [5, 5.41) is 5.09. The summed E-state index contributed by atoms with van der Waals surface area (Å²) in [4.78, 5) is 20.3. The second-order valence-electron chi connectivity index (χ2n) is 6.32. The normalized spacial score (nSPS) is 10.5.